The zero-order valence-electron chi connectivity index (χ0n) is 14.1. The molecule has 4 rings (SSSR count). The summed E-state index contributed by atoms with van der Waals surface area (Å²) in [4.78, 5) is 9.75. The van der Waals surface area contributed by atoms with Gasteiger partial charge in [0.1, 0.15) is 5.69 Å². The molecular weight excluding hydrogens is 382 g/mol. The molecule has 0 amide bonds. The maximum atomic E-state index is 12.6. The van der Waals surface area contributed by atoms with E-state index in [1.807, 2.05) is 17.5 Å². The van der Waals surface area contributed by atoms with Gasteiger partial charge in [0, 0.05) is 24.8 Å². The lowest BCUT2D eigenvalue weighted by molar-refractivity contribution is 0.580. The average Bonchev–Trinajstić information content (AvgIpc) is 3.41. The Labute approximate surface area is 160 Å². The summed E-state index contributed by atoms with van der Waals surface area (Å²) in [6.07, 6.45) is 6.61. The van der Waals surface area contributed by atoms with Gasteiger partial charge < -0.3 is 0 Å². The lowest BCUT2D eigenvalue weighted by Gasteiger charge is -2.09. The van der Waals surface area contributed by atoms with Gasteiger partial charge in [0.25, 0.3) is 0 Å². The van der Waals surface area contributed by atoms with E-state index in [2.05, 4.69) is 19.8 Å². The van der Waals surface area contributed by atoms with Crippen LogP contribution in [0.25, 0.3) is 16.3 Å². The number of hydrogen-bond donors (Lipinski definition) is 1. The summed E-state index contributed by atoms with van der Waals surface area (Å²) in [6, 6.07) is 12.2. The number of hydrogen-bond acceptors (Lipinski definition) is 6. The highest BCUT2D eigenvalue weighted by atomic mass is 32.2. The average molecular weight is 397 g/mol. The van der Waals surface area contributed by atoms with Crippen LogP contribution in [0.4, 0.5) is 0 Å². The van der Waals surface area contributed by atoms with Gasteiger partial charge in [-0.1, -0.05) is 6.07 Å². The fraction of sp³-hybridized carbons (Fsp3) is 0.0556. The number of nitrogens with one attached hydrogen (secondary N) is 1. The molecule has 3 aromatic heterocycles. The van der Waals surface area contributed by atoms with E-state index in [0.717, 1.165) is 10.6 Å². The van der Waals surface area contributed by atoms with Crippen molar-refractivity contribution in [2.45, 2.75) is 11.4 Å². The van der Waals surface area contributed by atoms with Crippen molar-refractivity contribution in [1.82, 2.24) is 24.5 Å². The minimum atomic E-state index is -3.67. The van der Waals surface area contributed by atoms with E-state index in [4.69, 9.17) is 0 Å². The molecule has 0 saturated carbocycles. The normalized spacial score (nSPS) is 11.6. The summed E-state index contributed by atoms with van der Waals surface area (Å²) in [5.74, 6) is 0. The van der Waals surface area contributed by atoms with Crippen molar-refractivity contribution in [3.63, 3.8) is 0 Å². The molecule has 1 aromatic carbocycles. The molecule has 4 aromatic rings. The molecule has 0 aliphatic rings. The first-order valence-electron chi connectivity index (χ1n) is 8.07. The molecule has 27 heavy (non-hydrogen) atoms. The molecule has 0 bridgehead atoms. The standard InChI is InChI=1S/C18H15N5O2S2/c24-27(25,15-6-4-14(5-7-15)23-11-2-8-21-23)22-13-16-18(20-10-9-19-16)17-3-1-12-26-17/h1-12,22H,13H2. The Kier molecular flexibility index (Phi) is 4.80. The van der Waals surface area contributed by atoms with Crippen LogP contribution >= 0.6 is 11.3 Å². The minimum absolute atomic E-state index is 0.0598. The van der Waals surface area contributed by atoms with Crippen LogP contribution in [0.15, 0.2) is 77.5 Å². The molecule has 7 nitrogen and oxygen atoms in total. The van der Waals surface area contributed by atoms with Crippen molar-refractivity contribution < 1.29 is 8.42 Å². The van der Waals surface area contributed by atoms with Gasteiger partial charge in [-0.25, -0.2) is 17.8 Å². The van der Waals surface area contributed by atoms with Crippen LogP contribution in [0.2, 0.25) is 0 Å². The molecule has 0 fully saturated rings. The highest BCUT2D eigenvalue weighted by Gasteiger charge is 2.16. The van der Waals surface area contributed by atoms with E-state index in [1.54, 1.807) is 59.8 Å². The molecule has 9 heteroatoms. The number of thiophene rings is 1. The number of sulfonamides is 1. The van der Waals surface area contributed by atoms with Gasteiger partial charge in [-0.2, -0.15) is 5.10 Å². The Balaban J connectivity index is 1.53. The van der Waals surface area contributed by atoms with Crippen LogP contribution in [0.1, 0.15) is 5.69 Å². The first-order valence-corrected chi connectivity index (χ1v) is 10.4. The van der Waals surface area contributed by atoms with Gasteiger partial charge in [-0.05, 0) is 41.8 Å². The highest BCUT2D eigenvalue weighted by Crippen LogP contribution is 2.25. The van der Waals surface area contributed by atoms with Crippen molar-refractivity contribution >= 4 is 21.4 Å². The second-order valence-electron chi connectivity index (χ2n) is 5.60. The summed E-state index contributed by atoms with van der Waals surface area (Å²) in [7, 11) is -3.67. The monoisotopic (exact) mass is 397 g/mol. The number of rotatable bonds is 6. The van der Waals surface area contributed by atoms with Gasteiger partial charge in [-0.3, -0.25) is 9.97 Å². The molecular formula is C18H15N5O2S2. The van der Waals surface area contributed by atoms with Gasteiger partial charge in [0.2, 0.25) is 10.0 Å². The largest absolute Gasteiger partial charge is 0.256 e. The summed E-state index contributed by atoms with van der Waals surface area (Å²) in [5.41, 5.74) is 2.05. The van der Waals surface area contributed by atoms with Crippen molar-refractivity contribution in [3.8, 4) is 16.3 Å². The van der Waals surface area contributed by atoms with E-state index in [0.29, 0.717) is 11.4 Å². The zero-order valence-corrected chi connectivity index (χ0v) is 15.7. The lowest BCUT2D eigenvalue weighted by Crippen LogP contribution is -2.24. The molecule has 0 radical (unpaired) electrons. The van der Waals surface area contributed by atoms with Crippen LogP contribution in [0.3, 0.4) is 0 Å². The number of benzene rings is 1. The van der Waals surface area contributed by atoms with Gasteiger partial charge >= 0.3 is 0 Å². The van der Waals surface area contributed by atoms with E-state index in [1.165, 1.54) is 11.3 Å². The third-order valence-corrected chi connectivity index (χ3v) is 6.17. The molecule has 0 spiro atoms. The van der Waals surface area contributed by atoms with Crippen LogP contribution in [0, 0.1) is 0 Å². The Bertz CT molecular complexity index is 1120. The van der Waals surface area contributed by atoms with Crippen molar-refractivity contribution in [2.24, 2.45) is 0 Å². The van der Waals surface area contributed by atoms with Crippen LogP contribution in [-0.4, -0.2) is 28.2 Å². The Morgan fingerprint density at radius 3 is 2.52 bits per heavy atom. The molecule has 0 atom stereocenters. The van der Waals surface area contributed by atoms with Crippen LogP contribution in [0.5, 0.6) is 0 Å². The van der Waals surface area contributed by atoms with Crippen molar-refractivity contribution in [3.05, 3.63) is 78.3 Å². The van der Waals surface area contributed by atoms with Gasteiger partial charge in [0.05, 0.1) is 27.7 Å². The summed E-state index contributed by atoms with van der Waals surface area (Å²) < 4.78 is 29.5. The fourth-order valence-corrected chi connectivity index (χ4v) is 4.29. The number of nitrogens with zero attached hydrogens (tertiary/aromatic N) is 4. The van der Waals surface area contributed by atoms with Crippen molar-refractivity contribution in [1.29, 1.82) is 0 Å². The predicted octanol–water partition coefficient (Wildman–Crippen LogP) is 2.87. The number of aromatic nitrogens is 4. The second kappa shape index (κ2) is 7.39. The zero-order chi connectivity index (χ0) is 18.7. The maximum absolute atomic E-state index is 12.6. The van der Waals surface area contributed by atoms with Gasteiger partial charge in [-0.15, -0.1) is 11.3 Å². The molecule has 3 heterocycles. The third kappa shape index (κ3) is 3.80. The Hall–Kier alpha value is -2.88. The SMILES string of the molecule is O=S(=O)(NCc1nccnc1-c1cccs1)c1ccc(-n2cccn2)cc1. The van der Waals surface area contributed by atoms with E-state index in [-0.39, 0.29) is 11.4 Å². The van der Waals surface area contributed by atoms with Crippen molar-refractivity contribution in [2.75, 3.05) is 0 Å². The van der Waals surface area contributed by atoms with E-state index in [9.17, 15) is 8.42 Å². The van der Waals surface area contributed by atoms with E-state index < -0.39 is 10.0 Å². The van der Waals surface area contributed by atoms with Crippen LogP contribution < -0.4 is 4.72 Å². The summed E-state index contributed by atoms with van der Waals surface area (Å²) in [5, 5.41) is 6.07. The molecule has 0 unspecified atom stereocenters. The highest BCUT2D eigenvalue weighted by molar-refractivity contribution is 7.89. The molecule has 0 aliphatic carbocycles. The van der Waals surface area contributed by atoms with E-state index >= 15 is 0 Å². The first kappa shape index (κ1) is 17.5. The summed E-state index contributed by atoms with van der Waals surface area (Å²) in [6.45, 7) is 0.0598. The Morgan fingerprint density at radius 1 is 1.00 bits per heavy atom. The minimum Gasteiger partial charge on any atom is -0.256 e. The topological polar surface area (TPSA) is 89.8 Å². The first-order chi connectivity index (χ1) is 13.1. The predicted molar refractivity (Wildman–Crippen MR) is 103 cm³/mol. The molecule has 0 saturated heterocycles. The molecule has 1 N–H and O–H groups in total. The van der Waals surface area contributed by atoms with Gasteiger partial charge in [0.15, 0.2) is 0 Å². The second-order valence-corrected chi connectivity index (χ2v) is 8.31. The lowest BCUT2D eigenvalue weighted by atomic mass is 10.2. The Morgan fingerprint density at radius 2 is 1.81 bits per heavy atom. The maximum Gasteiger partial charge on any atom is 0.240 e. The van der Waals surface area contributed by atoms with Crippen LogP contribution in [-0.2, 0) is 16.6 Å². The fourth-order valence-electron chi connectivity index (χ4n) is 2.56. The third-order valence-electron chi connectivity index (χ3n) is 3.87. The smallest absolute Gasteiger partial charge is 0.240 e. The quantitative estimate of drug-likeness (QED) is 0.540. The summed E-state index contributed by atoms with van der Waals surface area (Å²) >= 11 is 1.53. The molecule has 0 aliphatic heterocycles. The molecule has 136 valence electrons.